The molecule has 2 aliphatic carbocycles. The Bertz CT molecular complexity index is 715. The van der Waals surface area contributed by atoms with Crippen molar-refractivity contribution in [1.29, 1.82) is 0 Å². The van der Waals surface area contributed by atoms with Gasteiger partial charge >= 0.3 is 11.9 Å². The maximum Gasteiger partial charge on any atom is 0.371 e. The molecule has 2 aliphatic heterocycles. The van der Waals surface area contributed by atoms with E-state index >= 15 is 0 Å². The van der Waals surface area contributed by atoms with Crippen LogP contribution < -0.4 is 0 Å². The van der Waals surface area contributed by atoms with Gasteiger partial charge in [-0.3, -0.25) is 14.6 Å². The molecule has 0 N–H and O–H groups in total. The smallest absolute Gasteiger partial charge is 0.371 e. The number of carbonyl (C=O) groups is 2. The third kappa shape index (κ3) is 6.76. The second kappa shape index (κ2) is 11.4. The number of ether oxygens (including phenoxy) is 3. The Morgan fingerprint density at radius 2 is 1.43 bits per heavy atom. The predicted octanol–water partition coefficient (Wildman–Crippen LogP) is 3.24. The van der Waals surface area contributed by atoms with E-state index < -0.39 is 11.4 Å². The normalized spacial score (nSPS) is 29.0. The van der Waals surface area contributed by atoms with E-state index in [1.807, 2.05) is 27.7 Å². The average molecular weight is 494 g/mol. The Kier molecular flexibility index (Phi) is 8.78. The first-order valence-electron chi connectivity index (χ1n) is 14.0. The van der Waals surface area contributed by atoms with Gasteiger partial charge in [0.25, 0.3) is 5.85 Å². The van der Waals surface area contributed by atoms with Gasteiger partial charge in [-0.1, -0.05) is 0 Å². The first-order chi connectivity index (χ1) is 16.7. The van der Waals surface area contributed by atoms with E-state index in [2.05, 4.69) is 14.7 Å². The maximum absolute atomic E-state index is 14.0. The molecule has 0 bridgehead atoms. The Labute approximate surface area is 211 Å². The molecule has 0 aromatic heterocycles. The van der Waals surface area contributed by atoms with E-state index in [1.165, 1.54) is 19.4 Å². The lowest BCUT2D eigenvalue weighted by atomic mass is 9.87. The average Bonchev–Trinajstić information content (AvgIpc) is 3.45. The third-order valence-electron chi connectivity index (χ3n) is 7.84. The molecule has 8 heteroatoms. The standard InChI is InChI=1S/C27H47N3O5/c1-5-33-24(31)22-10-12-23(13-11-22)34-27(29-14-6-7-15-29,25(32)35-26(2,3)4)30-18-16-28(17-19-30)20-21-8-9-21/h21-23H,5-20H2,1-4H3/t22-,23-,27?. The Hall–Kier alpha value is -1.22. The predicted molar refractivity (Wildman–Crippen MR) is 134 cm³/mol. The van der Waals surface area contributed by atoms with Crippen LogP contribution in [-0.4, -0.2) is 96.6 Å². The summed E-state index contributed by atoms with van der Waals surface area (Å²) in [6.07, 6.45) is 7.73. The number of piperazine rings is 1. The van der Waals surface area contributed by atoms with Crippen LogP contribution >= 0.6 is 0 Å². The van der Waals surface area contributed by atoms with Crippen LogP contribution in [0.4, 0.5) is 0 Å². The first-order valence-corrected chi connectivity index (χ1v) is 14.0. The summed E-state index contributed by atoms with van der Waals surface area (Å²) in [5.41, 5.74) is -0.596. The van der Waals surface area contributed by atoms with Gasteiger partial charge in [0.1, 0.15) is 5.60 Å². The van der Waals surface area contributed by atoms with Gasteiger partial charge in [0.05, 0.1) is 18.6 Å². The molecule has 2 saturated heterocycles. The highest BCUT2D eigenvalue weighted by Crippen LogP contribution is 2.37. The van der Waals surface area contributed by atoms with Crippen LogP contribution in [0.5, 0.6) is 0 Å². The highest BCUT2D eigenvalue weighted by Gasteiger charge is 2.56. The van der Waals surface area contributed by atoms with Crippen LogP contribution in [-0.2, 0) is 23.8 Å². The van der Waals surface area contributed by atoms with Crippen molar-refractivity contribution >= 4 is 11.9 Å². The molecule has 8 nitrogen and oxygen atoms in total. The first kappa shape index (κ1) is 26.8. The summed E-state index contributed by atoms with van der Waals surface area (Å²) in [5, 5.41) is 0. The minimum absolute atomic E-state index is 0.0662. The van der Waals surface area contributed by atoms with Crippen molar-refractivity contribution < 1.29 is 23.8 Å². The van der Waals surface area contributed by atoms with Crippen LogP contribution in [0.3, 0.4) is 0 Å². The number of nitrogens with zero attached hydrogens (tertiary/aromatic N) is 3. The summed E-state index contributed by atoms with van der Waals surface area (Å²) < 4.78 is 18.3. The molecule has 4 fully saturated rings. The maximum atomic E-state index is 14.0. The van der Waals surface area contributed by atoms with Gasteiger partial charge in [0.2, 0.25) is 0 Å². The second-order valence-electron chi connectivity index (χ2n) is 11.9. The molecule has 200 valence electrons. The van der Waals surface area contributed by atoms with Crippen LogP contribution in [0, 0.1) is 11.8 Å². The quantitative estimate of drug-likeness (QED) is 0.454. The van der Waals surface area contributed by atoms with Gasteiger partial charge in [-0.2, -0.15) is 0 Å². The fourth-order valence-corrected chi connectivity index (χ4v) is 5.83. The van der Waals surface area contributed by atoms with Gasteiger partial charge in [0.15, 0.2) is 0 Å². The molecule has 0 spiro atoms. The SMILES string of the molecule is CCOC(=O)[C@H]1CC[C@H](OC(C(=O)OC(C)(C)C)(N2CCCC2)N2CCN(CC3CC3)CC2)CC1. The molecule has 35 heavy (non-hydrogen) atoms. The zero-order valence-electron chi connectivity index (χ0n) is 22.4. The highest BCUT2D eigenvalue weighted by molar-refractivity contribution is 5.79. The van der Waals surface area contributed by atoms with Crippen molar-refractivity contribution in [3.05, 3.63) is 0 Å². The van der Waals surface area contributed by atoms with Crippen molar-refractivity contribution in [1.82, 2.24) is 14.7 Å². The molecule has 2 heterocycles. The van der Waals surface area contributed by atoms with Crippen molar-refractivity contribution in [2.45, 2.75) is 96.6 Å². The zero-order valence-corrected chi connectivity index (χ0v) is 22.4. The molecule has 0 aromatic rings. The topological polar surface area (TPSA) is 71.5 Å². The van der Waals surface area contributed by atoms with Gasteiger partial charge in [-0.05, 0) is 85.0 Å². The third-order valence-corrected chi connectivity index (χ3v) is 7.84. The summed E-state index contributed by atoms with van der Waals surface area (Å²) in [6, 6.07) is 0. The minimum atomic E-state index is -1.20. The van der Waals surface area contributed by atoms with E-state index in [9.17, 15) is 9.59 Å². The number of rotatable bonds is 9. The molecule has 4 aliphatic rings. The highest BCUT2D eigenvalue weighted by atomic mass is 16.6. The van der Waals surface area contributed by atoms with Crippen LogP contribution in [0.15, 0.2) is 0 Å². The summed E-state index contributed by atoms with van der Waals surface area (Å²) in [7, 11) is 0. The van der Waals surface area contributed by atoms with Crippen LogP contribution in [0.25, 0.3) is 0 Å². The fourth-order valence-electron chi connectivity index (χ4n) is 5.83. The number of likely N-dealkylation sites (tertiary alicyclic amines) is 1. The Morgan fingerprint density at radius 3 is 1.97 bits per heavy atom. The van der Waals surface area contributed by atoms with Crippen LogP contribution in [0.1, 0.15) is 79.1 Å². The second-order valence-corrected chi connectivity index (χ2v) is 11.9. The van der Waals surface area contributed by atoms with E-state index in [4.69, 9.17) is 14.2 Å². The van der Waals surface area contributed by atoms with Gasteiger partial charge in [0, 0.05) is 45.8 Å². The summed E-state index contributed by atoms with van der Waals surface area (Å²) in [5.74, 6) is -0.785. The van der Waals surface area contributed by atoms with Gasteiger partial charge in [-0.25, -0.2) is 4.79 Å². The monoisotopic (exact) mass is 493 g/mol. The Morgan fingerprint density at radius 1 is 0.829 bits per heavy atom. The lowest BCUT2D eigenvalue weighted by Crippen LogP contribution is -2.71. The van der Waals surface area contributed by atoms with E-state index in [0.717, 1.165) is 83.7 Å². The lowest BCUT2D eigenvalue weighted by Gasteiger charge is -2.51. The molecule has 4 rings (SSSR count). The van der Waals surface area contributed by atoms with Crippen molar-refractivity contribution in [3.63, 3.8) is 0 Å². The molecule has 0 aromatic carbocycles. The van der Waals surface area contributed by atoms with E-state index in [0.29, 0.717) is 6.61 Å². The van der Waals surface area contributed by atoms with Crippen LogP contribution in [0.2, 0.25) is 0 Å². The molecule has 0 radical (unpaired) electrons. The molecule has 2 saturated carbocycles. The van der Waals surface area contributed by atoms with E-state index in [1.54, 1.807) is 0 Å². The molecule has 1 unspecified atom stereocenters. The van der Waals surface area contributed by atoms with Gasteiger partial charge in [-0.15, -0.1) is 0 Å². The number of hydrogen-bond acceptors (Lipinski definition) is 8. The van der Waals surface area contributed by atoms with Crippen molar-refractivity contribution in [3.8, 4) is 0 Å². The lowest BCUT2D eigenvalue weighted by molar-refractivity contribution is -0.281. The fraction of sp³-hybridized carbons (Fsp3) is 0.926. The number of hydrogen-bond donors (Lipinski definition) is 0. The number of esters is 2. The summed E-state index contributed by atoms with van der Waals surface area (Å²) in [4.78, 5) is 33.3. The largest absolute Gasteiger partial charge is 0.466 e. The van der Waals surface area contributed by atoms with Crippen molar-refractivity contribution in [2.75, 3.05) is 52.4 Å². The van der Waals surface area contributed by atoms with E-state index in [-0.39, 0.29) is 24.0 Å². The molecular weight excluding hydrogens is 446 g/mol. The molecule has 0 amide bonds. The zero-order chi connectivity index (χ0) is 25.1. The minimum Gasteiger partial charge on any atom is -0.466 e. The Balaban J connectivity index is 1.52. The van der Waals surface area contributed by atoms with Gasteiger partial charge < -0.3 is 19.1 Å². The summed E-state index contributed by atoms with van der Waals surface area (Å²) >= 11 is 0. The molecule has 1 atom stereocenters. The number of carbonyl (C=O) groups excluding carboxylic acids is 2. The summed E-state index contributed by atoms with van der Waals surface area (Å²) in [6.45, 7) is 14.4. The van der Waals surface area contributed by atoms with Crippen molar-refractivity contribution in [2.24, 2.45) is 11.8 Å². The molecular formula is C27H47N3O5.